The molecule has 1 amide bonds. The van der Waals surface area contributed by atoms with Crippen molar-refractivity contribution in [3.05, 3.63) is 88.6 Å². The van der Waals surface area contributed by atoms with Crippen LogP contribution in [0, 0.1) is 0 Å². The SMILES string of the molecule is O=C(CNc1ccc2ccccc2c1)N/N=C/c1ccc(-c2ccc(Cl)cc2Cl)o1. The predicted molar refractivity (Wildman–Crippen MR) is 122 cm³/mol. The molecule has 3 aromatic carbocycles. The van der Waals surface area contributed by atoms with Gasteiger partial charge in [-0.15, -0.1) is 0 Å². The normalized spacial score (nSPS) is 11.1. The van der Waals surface area contributed by atoms with E-state index in [1.54, 1.807) is 30.3 Å². The number of nitrogens with zero attached hydrogens (tertiary/aromatic N) is 1. The Balaban J connectivity index is 1.32. The highest BCUT2D eigenvalue weighted by Gasteiger charge is 2.08. The summed E-state index contributed by atoms with van der Waals surface area (Å²) in [5.41, 5.74) is 4.06. The molecule has 0 aliphatic carbocycles. The summed E-state index contributed by atoms with van der Waals surface area (Å²) in [4.78, 5) is 12.0. The van der Waals surface area contributed by atoms with Crippen molar-refractivity contribution >= 4 is 51.8 Å². The van der Waals surface area contributed by atoms with Crippen LogP contribution in [-0.4, -0.2) is 18.7 Å². The lowest BCUT2D eigenvalue weighted by Crippen LogP contribution is -2.25. The Morgan fingerprint density at radius 2 is 1.80 bits per heavy atom. The molecular weight excluding hydrogens is 421 g/mol. The van der Waals surface area contributed by atoms with Crippen LogP contribution in [0.25, 0.3) is 22.1 Å². The van der Waals surface area contributed by atoms with E-state index in [-0.39, 0.29) is 12.5 Å². The fourth-order valence-corrected chi connectivity index (χ4v) is 3.45. The number of nitrogens with one attached hydrogen (secondary N) is 2. The molecule has 0 radical (unpaired) electrons. The number of anilines is 1. The zero-order valence-electron chi connectivity index (χ0n) is 15.7. The monoisotopic (exact) mass is 437 g/mol. The van der Waals surface area contributed by atoms with Gasteiger partial charge in [-0.05, 0) is 53.2 Å². The number of carbonyl (C=O) groups is 1. The van der Waals surface area contributed by atoms with E-state index < -0.39 is 0 Å². The van der Waals surface area contributed by atoms with Gasteiger partial charge in [0.05, 0.1) is 17.8 Å². The van der Waals surface area contributed by atoms with Crippen LogP contribution in [0.15, 0.2) is 82.3 Å². The topological polar surface area (TPSA) is 66.6 Å². The number of halogens is 2. The number of hydrazone groups is 1. The molecule has 0 spiro atoms. The van der Waals surface area contributed by atoms with Crippen LogP contribution < -0.4 is 10.7 Å². The molecule has 7 heteroatoms. The van der Waals surface area contributed by atoms with E-state index in [0.29, 0.717) is 21.6 Å². The number of amides is 1. The van der Waals surface area contributed by atoms with Crippen molar-refractivity contribution in [1.29, 1.82) is 0 Å². The summed E-state index contributed by atoms with van der Waals surface area (Å²) in [5.74, 6) is 0.799. The molecule has 1 heterocycles. The highest BCUT2D eigenvalue weighted by molar-refractivity contribution is 6.36. The zero-order chi connectivity index (χ0) is 20.9. The third kappa shape index (κ3) is 4.82. The Bertz CT molecular complexity index is 1230. The van der Waals surface area contributed by atoms with E-state index in [4.69, 9.17) is 27.6 Å². The maximum absolute atomic E-state index is 12.0. The molecule has 0 aliphatic heterocycles. The van der Waals surface area contributed by atoms with Crippen LogP contribution in [0.5, 0.6) is 0 Å². The maximum Gasteiger partial charge on any atom is 0.259 e. The number of hydrogen-bond donors (Lipinski definition) is 2. The van der Waals surface area contributed by atoms with Gasteiger partial charge in [0.25, 0.3) is 5.91 Å². The van der Waals surface area contributed by atoms with E-state index in [2.05, 4.69) is 15.8 Å². The van der Waals surface area contributed by atoms with Crippen molar-refractivity contribution in [3.8, 4) is 11.3 Å². The second kappa shape index (κ2) is 9.03. The number of rotatable bonds is 6. The minimum Gasteiger partial charge on any atom is -0.455 e. The number of hydrogen-bond acceptors (Lipinski definition) is 4. The number of furan rings is 1. The summed E-state index contributed by atoms with van der Waals surface area (Å²) in [6.07, 6.45) is 1.43. The van der Waals surface area contributed by atoms with Gasteiger partial charge in [-0.1, -0.05) is 53.5 Å². The predicted octanol–water partition coefficient (Wildman–Crippen LogP) is 5.97. The summed E-state index contributed by atoms with van der Waals surface area (Å²) >= 11 is 12.1. The van der Waals surface area contributed by atoms with Gasteiger partial charge >= 0.3 is 0 Å². The first-order valence-corrected chi connectivity index (χ1v) is 9.94. The van der Waals surface area contributed by atoms with Gasteiger partial charge in [0.2, 0.25) is 0 Å². The second-order valence-electron chi connectivity index (χ2n) is 6.53. The number of carbonyl (C=O) groups excluding carboxylic acids is 1. The summed E-state index contributed by atoms with van der Waals surface area (Å²) in [6.45, 7) is 0.0967. The first-order valence-electron chi connectivity index (χ1n) is 9.18. The lowest BCUT2D eigenvalue weighted by molar-refractivity contribution is -0.119. The third-order valence-electron chi connectivity index (χ3n) is 4.41. The Morgan fingerprint density at radius 3 is 2.63 bits per heavy atom. The van der Waals surface area contributed by atoms with Gasteiger partial charge in [-0.2, -0.15) is 5.10 Å². The molecule has 0 bridgehead atoms. The molecule has 150 valence electrons. The molecule has 0 atom stereocenters. The average Bonchev–Trinajstić information content (AvgIpc) is 3.20. The van der Waals surface area contributed by atoms with Crippen LogP contribution in [-0.2, 0) is 4.79 Å². The van der Waals surface area contributed by atoms with Crippen molar-refractivity contribution in [2.75, 3.05) is 11.9 Å². The van der Waals surface area contributed by atoms with Crippen molar-refractivity contribution in [2.24, 2.45) is 5.10 Å². The lowest BCUT2D eigenvalue weighted by Gasteiger charge is -2.06. The Morgan fingerprint density at radius 1 is 0.967 bits per heavy atom. The van der Waals surface area contributed by atoms with Crippen molar-refractivity contribution < 1.29 is 9.21 Å². The van der Waals surface area contributed by atoms with Gasteiger partial charge in [-0.3, -0.25) is 4.79 Å². The van der Waals surface area contributed by atoms with E-state index in [1.807, 2.05) is 42.5 Å². The van der Waals surface area contributed by atoms with E-state index in [9.17, 15) is 4.79 Å². The largest absolute Gasteiger partial charge is 0.455 e. The fraction of sp³-hybridized carbons (Fsp3) is 0.0435. The Hall–Kier alpha value is -3.28. The average molecular weight is 438 g/mol. The molecule has 0 saturated carbocycles. The van der Waals surface area contributed by atoms with Crippen LogP contribution >= 0.6 is 23.2 Å². The first-order chi connectivity index (χ1) is 14.6. The molecule has 4 aromatic rings. The number of benzene rings is 3. The molecule has 2 N–H and O–H groups in total. The van der Waals surface area contributed by atoms with Crippen LogP contribution in [0.2, 0.25) is 10.0 Å². The van der Waals surface area contributed by atoms with Gasteiger partial charge in [0.1, 0.15) is 11.5 Å². The van der Waals surface area contributed by atoms with E-state index in [0.717, 1.165) is 22.0 Å². The van der Waals surface area contributed by atoms with Crippen molar-refractivity contribution in [3.63, 3.8) is 0 Å². The summed E-state index contributed by atoms with van der Waals surface area (Å²) < 4.78 is 5.70. The van der Waals surface area contributed by atoms with E-state index >= 15 is 0 Å². The van der Waals surface area contributed by atoms with Gasteiger partial charge in [-0.25, -0.2) is 5.43 Å². The van der Waals surface area contributed by atoms with Crippen molar-refractivity contribution in [1.82, 2.24) is 5.43 Å². The highest BCUT2D eigenvalue weighted by atomic mass is 35.5. The highest BCUT2D eigenvalue weighted by Crippen LogP contribution is 2.31. The van der Waals surface area contributed by atoms with Gasteiger partial charge in [0.15, 0.2) is 0 Å². The summed E-state index contributed by atoms with van der Waals surface area (Å²) in [6, 6.07) is 22.7. The van der Waals surface area contributed by atoms with Crippen molar-refractivity contribution in [2.45, 2.75) is 0 Å². The van der Waals surface area contributed by atoms with Crippen LogP contribution in [0.3, 0.4) is 0 Å². The minimum absolute atomic E-state index is 0.0967. The smallest absolute Gasteiger partial charge is 0.259 e. The molecule has 30 heavy (non-hydrogen) atoms. The fourth-order valence-electron chi connectivity index (χ4n) is 2.95. The molecule has 1 aromatic heterocycles. The molecule has 0 fully saturated rings. The Labute approximate surface area is 183 Å². The van der Waals surface area contributed by atoms with Crippen LogP contribution in [0.4, 0.5) is 5.69 Å². The zero-order valence-corrected chi connectivity index (χ0v) is 17.2. The molecule has 0 aliphatic rings. The molecule has 0 unspecified atom stereocenters. The summed E-state index contributed by atoms with van der Waals surface area (Å²) in [5, 5.41) is 10.3. The lowest BCUT2D eigenvalue weighted by atomic mass is 10.1. The Kier molecular flexibility index (Phi) is 6.02. The molecular formula is C23H17Cl2N3O2. The molecule has 4 rings (SSSR count). The minimum atomic E-state index is -0.271. The molecule has 0 saturated heterocycles. The molecule has 5 nitrogen and oxygen atoms in total. The standard InChI is InChI=1S/C23H17Cl2N3O2/c24-17-6-9-20(21(25)12-17)22-10-8-19(30-22)13-27-28-23(29)14-26-18-7-5-15-3-1-2-4-16(15)11-18/h1-13,26H,14H2,(H,28,29)/b27-13+. The quantitative estimate of drug-likeness (QED) is 0.288. The second-order valence-corrected chi connectivity index (χ2v) is 7.38. The third-order valence-corrected chi connectivity index (χ3v) is 4.95. The van der Waals surface area contributed by atoms with Gasteiger partial charge < -0.3 is 9.73 Å². The van der Waals surface area contributed by atoms with E-state index in [1.165, 1.54) is 6.21 Å². The first kappa shape index (κ1) is 20.0. The van der Waals surface area contributed by atoms with Gasteiger partial charge in [0, 0.05) is 16.3 Å². The van der Waals surface area contributed by atoms with Crippen LogP contribution in [0.1, 0.15) is 5.76 Å². The maximum atomic E-state index is 12.0. The number of fused-ring (bicyclic) bond motifs is 1. The summed E-state index contributed by atoms with van der Waals surface area (Å²) in [7, 11) is 0.